The van der Waals surface area contributed by atoms with Gasteiger partial charge in [-0.1, -0.05) is 12.1 Å². The molecule has 3 nitrogen and oxygen atoms in total. The van der Waals surface area contributed by atoms with Gasteiger partial charge in [0, 0.05) is 6.07 Å². The normalized spacial score (nSPS) is 10.2. The van der Waals surface area contributed by atoms with Gasteiger partial charge in [0.15, 0.2) is 0 Å². The molecular weight excluding hydrogens is 252 g/mol. The van der Waals surface area contributed by atoms with Crippen LogP contribution in [0.1, 0.15) is 5.56 Å². The van der Waals surface area contributed by atoms with E-state index in [1.165, 1.54) is 30.3 Å². The second-order valence-corrected chi connectivity index (χ2v) is 4.02. The molecular formula is C14H11F2NO2. The molecule has 98 valence electrons. The summed E-state index contributed by atoms with van der Waals surface area (Å²) in [5.74, 6) is -1.84. The van der Waals surface area contributed by atoms with Crippen molar-refractivity contribution >= 4 is 11.6 Å². The maximum absolute atomic E-state index is 13.4. The highest BCUT2D eigenvalue weighted by Gasteiger charge is 2.08. The first-order valence-electron chi connectivity index (χ1n) is 5.57. The first-order chi connectivity index (χ1) is 9.04. The highest BCUT2D eigenvalue weighted by atomic mass is 19.1. The Morgan fingerprint density at radius 3 is 2.63 bits per heavy atom. The van der Waals surface area contributed by atoms with E-state index in [1.54, 1.807) is 6.07 Å². The van der Waals surface area contributed by atoms with Crippen molar-refractivity contribution in [2.75, 3.05) is 5.32 Å². The van der Waals surface area contributed by atoms with Gasteiger partial charge in [-0.25, -0.2) is 8.78 Å². The quantitative estimate of drug-likeness (QED) is 0.836. The number of nitrogens with one attached hydrogen (secondary N) is 1. The van der Waals surface area contributed by atoms with Crippen LogP contribution in [-0.4, -0.2) is 11.0 Å². The number of hydrogen-bond donors (Lipinski definition) is 2. The number of aromatic hydroxyl groups is 1. The van der Waals surface area contributed by atoms with E-state index in [-0.39, 0.29) is 17.9 Å². The van der Waals surface area contributed by atoms with Crippen LogP contribution in [0.3, 0.4) is 0 Å². The van der Waals surface area contributed by atoms with Gasteiger partial charge in [-0.2, -0.15) is 0 Å². The second kappa shape index (κ2) is 5.48. The number of carbonyl (C=O) groups excluding carboxylic acids is 1. The predicted octanol–water partition coefficient (Wildman–Crippen LogP) is 2.85. The number of phenols is 1. The van der Waals surface area contributed by atoms with Crippen LogP contribution < -0.4 is 5.32 Å². The molecule has 0 spiro atoms. The van der Waals surface area contributed by atoms with Crippen molar-refractivity contribution in [1.29, 1.82) is 0 Å². The number of anilines is 1. The van der Waals surface area contributed by atoms with E-state index in [2.05, 4.69) is 5.32 Å². The fourth-order valence-electron chi connectivity index (χ4n) is 1.63. The number of rotatable bonds is 3. The van der Waals surface area contributed by atoms with Crippen LogP contribution in [0.2, 0.25) is 0 Å². The molecule has 0 aliphatic heterocycles. The van der Waals surface area contributed by atoms with Crippen molar-refractivity contribution in [1.82, 2.24) is 0 Å². The average Bonchev–Trinajstić information content (AvgIpc) is 2.33. The van der Waals surface area contributed by atoms with Crippen LogP contribution in [-0.2, 0) is 11.2 Å². The Labute approximate surface area is 108 Å². The van der Waals surface area contributed by atoms with Gasteiger partial charge < -0.3 is 10.4 Å². The smallest absolute Gasteiger partial charge is 0.228 e. The summed E-state index contributed by atoms with van der Waals surface area (Å²) < 4.78 is 26.3. The van der Waals surface area contributed by atoms with Crippen molar-refractivity contribution in [3.8, 4) is 5.75 Å². The van der Waals surface area contributed by atoms with E-state index >= 15 is 0 Å². The van der Waals surface area contributed by atoms with Crippen molar-refractivity contribution in [2.24, 2.45) is 0 Å². The van der Waals surface area contributed by atoms with Gasteiger partial charge >= 0.3 is 0 Å². The van der Waals surface area contributed by atoms with Crippen LogP contribution in [0.15, 0.2) is 42.5 Å². The Balaban J connectivity index is 2.05. The Kier molecular flexibility index (Phi) is 3.75. The molecule has 5 heteroatoms. The largest absolute Gasteiger partial charge is 0.508 e. The van der Waals surface area contributed by atoms with E-state index in [4.69, 9.17) is 5.11 Å². The summed E-state index contributed by atoms with van der Waals surface area (Å²) >= 11 is 0. The third kappa shape index (κ3) is 3.51. The molecule has 0 bridgehead atoms. The summed E-state index contributed by atoms with van der Waals surface area (Å²) in [7, 11) is 0. The molecule has 2 aromatic rings. The van der Waals surface area contributed by atoms with Crippen LogP contribution >= 0.6 is 0 Å². The number of benzene rings is 2. The summed E-state index contributed by atoms with van der Waals surface area (Å²) in [5, 5.41) is 11.4. The summed E-state index contributed by atoms with van der Waals surface area (Å²) in [6, 6.07) is 9.05. The number of hydrogen-bond acceptors (Lipinski definition) is 2. The fourth-order valence-corrected chi connectivity index (χ4v) is 1.63. The minimum atomic E-state index is -0.729. The van der Waals surface area contributed by atoms with Gasteiger partial charge in [-0.05, 0) is 29.8 Å². The summed E-state index contributed by atoms with van der Waals surface area (Å²) in [4.78, 5) is 11.7. The van der Waals surface area contributed by atoms with Gasteiger partial charge in [-0.3, -0.25) is 4.79 Å². The van der Waals surface area contributed by atoms with Crippen LogP contribution in [0, 0.1) is 11.6 Å². The average molecular weight is 263 g/mol. The number of phenolic OH excluding ortho intramolecular Hbond substituents is 1. The predicted molar refractivity (Wildman–Crippen MR) is 66.8 cm³/mol. The Bertz CT molecular complexity index is 614. The molecule has 0 radical (unpaired) electrons. The lowest BCUT2D eigenvalue weighted by Crippen LogP contribution is -2.15. The molecule has 0 aliphatic rings. The molecule has 0 atom stereocenters. The van der Waals surface area contributed by atoms with E-state index in [0.717, 1.165) is 6.07 Å². The molecule has 0 aromatic heterocycles. The first kappa shape index (κ1) is 13.0. The van der Waals surface area contributed by atoms with Crippen molar-refractivity contribution in [2.45, 2.75) is 6.42 Å². The standard InChI is InChI=1S/C14H11F2NO2/c15-10-3-1-2-9(6-10)7-14(19)17-13-5-4-11(18)8-12(13)16/h1-6,8,18H,7H2,(H,17,19). The number of amides is 1. The third-order valence-corrected chi connectivity index (χ3v) is 2.48. The lowest BCUT2D eigenvalue weighted by Gasteiger charge is -2.07. The maximum Gasteiger partial charge on any atom is 0.228 e. The van der Waals surface area contributed by atoms with Gasteiger partial charge in [-0.15, -0.1) is 0 Å². The van der Waals surface area contributed by atoms with Gasteiger partial charge in [0.05, 0.1) is 12.1 Å². The summed E-state index contributed by atoms with van der Waals surface area (Å²) in [5.41, 5.74) is 0.468. The lowest BCUT2D eigenvalue weighted by atomic mass is 10.1. The monoisotopic (exact) mass is 263 g/mol. The number of halogens is 2. The highest BCUT2D eigenvalue weighted by molar-refractivity contribution is 5.92. The van der Waals surface area contributed by atoms with E-state index in [0.29, 0.717) is 5.56 Å². The third-order valence-electron chi connectivity index (χ3n) is 2.48. The molecule has 0 aliphatic carbocycles. The van der Waals surface area contributed by atoms with Crippen LogP contribution in [0.4, 0.5) is 14.5 Å². The lowest BCUT2D eigenvalue weighted by molar-refractivity contribution is -0.115. The molecule has 0 unspecified atom stereocenters. The molecule has 0 saturated carbocycles. The summed E-state index contributed by atoms with van der Waals surface area (Å²) in [6.07, 6.45) is -0.0575. The molecule has 19 heavy (non-hydrogen) atoms. The van der Waals surface area contributed by atoms with Crippen molar-refractivity contribution in [3.63, 3.8) is 0 Å². The molecule has 0 fully saturated rings. The minimum absolute atomic E-state index is 0.0285. The van der Waals surface area contributed by atoms with Crippen LogP contribution in [0.25, 0.3) is 0 Å². The van der Waals surface area contributed by atoms with Crippen molar-refractivity contribution < 1.29 is 18.7 Å². The van der Waals surface area contributed by atoms with Gasteiger partial charge in [0.2, 0.25) is 5.91 Å². The van der Waals surface area contributed by atoms with Crippen molar-refractivity contribution in [3.05, 3.63) is 59.7 Å². The van der Waals surface area contributed by atoms with E-state index in [1.807, 2.05) is 0 Å². The second-order valence-electron chi connectivity index (χ2n) is 4.02. The Morgan fingerprint density at radius 1 is 1.16 bits per heavy atom. The molecule has 0 saturated heterocycles. The Morgan fingerprint density at radius 2 is 1.95 bits per heavy atom. The van der Waals surface area contributed by atoms with Crippen LogP contribution in [0.5, 0.6) is 5.75 Å². The molecule has 2 N–H and O–H groups in total. The zero-order valence-electron chi connectivity index (χ0n) is 9.86. The zero-order chi connectivity index (χ0) is 13.8. The Hall–Kier alpha value is -2.43. The van der Waals surface area contributed by atoms with Gasteiger partial charge in [0.1, 0.15) is 17.4 Å². The van der Waals surface area contributed by atoms with E-state index in [9.17, 15) is 13.6 Å². The molecule has 2 rings (SSSR count). The van der Waals surface area contributed by atoms with Gasteiger partial charge in [0.25, 0.3) is 0 Å². The summed E-state index contributed by atoms with van der Waals surface area (Å²) in [6.45, 7) is 0. The number of carbonyl (C=O) groups is 1. The topological polar surface area (TPSA) is 49.3 Å². The highest BCUT2D eigenvalue weighted by Crippen LogP contribution is 2.19. The minimum Gasteiger partial charge on any atom is -0.508 e. The SMILES string of the molecule is O=C(Cc1cccc(F)c1)Nc1ccc(O)cc1F. The zero-order valence-corrected chi connectivity index (χ0v) is 9.86. The molecule has 0 heterocycles. The maximum atomic E-state index is 13.4. The molecule has 2 aromatic carbocycles. The molecule has 1 amide bonds. The van der Waals surface area contributed by atoms with E-state index < -0.39 is 17.5 Å². The fraction of sp³-hybridized carbons (Fsp3) is 0.0714. The first-order valence-corrected chi connectivity index (χ1v) is 5.57.